The number of carbonyl (C=O) groups excluding carboxylic acids is 2. The van der Waals surface area contributed by atoms with Gasteiger partial charge in [-0.2, -0.15) is 0 Å². The molecular formula is C15H13NO6. The van der Waals surface area contributed by atoms with E-state index in [9.17, 15) is 19.8 Å². The fourth-order valence-electron chi connectivity index (χ4n) is 2.84. The molecule has 0 saturated carbocycles. The summed E-state index contributed by atoms with van der Waals surface area (Å²) >= 11 is 0. The molecule has 1 aliphatic carbocycles. The van der Waals surface area contributed by atoms with E-state index in [1.807, 2.05) is 0 Å². The number of carbonyl (C=O) groups is 2. The number of phenols is 2. The molecule has 1 heterocycles. The van der Waals surface area contributed by atoms with Crippen LogP contribution in [0, 0.1) is 0 Å². The van der Waals surface area contributed by atoms with Gasteiger partial charge in [0.05, 0.1) is 12.7 Å². The highest BCUT2D eigenvalue weighted by atomic mass is 16.5. The Bertz CT molecular complexity index is 792. The van der Waals surface area contributed by atoms with Crippen LogP contribution in [-0.2, 0) is 10.2 Å². The summed E-state index contributed by atoms with van der Waals surface area (Å²) in [7, 11) is 1.21. The lowest BCUT2D eigenvalue weighted by Crippen LogP contribution is -2.32. The Morgan fingerprint density at radius 2 is 2.05 bits per heavy atom. The molecule has 1 atom stereocenters. The van der Waals surface area contributed by atoms with Crippen molar-refractivity contribution in [1.29, 1.82) is 0 Å². The van der Waals surface area contributed by atoms with Gasteiger partial charge in [-0.1, -0.05) is 6.08 Å². The van der Waals surface area contributed by atoms with Crippen LogP contribution in [0.25, 0.3) is 0 Å². The summed E-state index contributed by atoms with van der Waals surface area (Å²) in [5.74, 6) is -2.64. The number of ether oxygens (including phenoxy) is 2. The van der Waals surface area contributed by atoms with Gasteiger partial charge in [0, 0.05) is 0 Å². The third-order valence-corrected chi connectivity index (χ3v) is 4.00. The number of methoxy groups -OCH3 is 1. The molecule has 1 aliphatic heterocycles. The van der Waals surface area contributed by atoms with Gasteiger partial charge in [0.15, 0.2) is 23.0 Å². The average molecular weight is 303 g/mol. The molecule has 1 aromatic rings. The number of allylic oxidation sites excluding steroid dienone is 4. The lowest BCUT2D eigenvalue weighted by molar-refractivity contribution is -0.118. The van der Waals surface area contributed by atoms with E-state index < -0.39 is 22.8 Å². The van der Waals surface area contributed by atoms with Crippen LogP contribution in [0.2, 0.25) is 0 Å². The molecule has 7 nitrogen and oxygen atoms in total. The second-order valence-electron chi connectivity index (χ2n) is 5.16. The van der Waals surface area contributed by atoms with Crippen LogP contribution in [0.15, 0.2) is 24.0 Å². The number of hydrogen-bond acceptors (Lipinski definition) is 6. The van der Waals surface area contributed by atoms with Crippen LogP contribution < -0.4 is 15.2 Å². The van der Waals surface area contributed by atoms with Crippen molar-refractivity contribution >= 4 is 11.7 Å². The molecule has 0 bridgehead atoms. The fourth-order valence-corrected chi connectivity index (χ4v) is 2.84. The normalized spacial score (nSPS) is 21.7. The van der Waals surface area contributed by atoms with Gasteiger partial charge in [-0.15, -0.1) is 0 Å². The molecule has 0 fully saturated rings. The van der Waals surface area contributed by atoms with Gasteiger partial charge in [0.2, 0.25) is 5.75 Å². The first-order valence-electron chi connectivity index (χ1n) is 6.41. The first kappa shape index (κ1) is 14.0. The van der Waals surface area contributed by atoms with Crippen molar-refractivity contribution in [3.05, 3.63) is 35.1 Å². The number of benzene rings is 1. The van der Waals surface area contributed by atoms with E-state index in [1.54, 1.807) is 6.08 Å². The molecule has 4 N–H and O–H groups in total. The topological polar surface area (TPSA) is 119 Å². The maximum atomic E-state index is 12.3. The number of aromatic hydroxyl groups is 2. The lowest BCUT2D eigenvalue weighted by Gasteiger charge is -2.24. The Balaban J connectivity index is 2.44. The van der Waals surface area contributed by atoms with Gasteiger partial charge >= 0.3 is 0 Å². The SMILES string of the molecule is COc1c(O)c(O)c2c(c1C(N)=O)OC1=CC=CC(=O)C12C. The Labute approximate surface area is 125 Å². The zero-order chi connectivity index (χ0) is 16.2. The molecule has 0 aromatic heterocycles. The number of rotatable bonds is 2. The Morgan fingerprint density at radius 1 is 1.36 bits per heavy atom. The summed E-state index contributed by atoms with van der Waals surface area (Å²) in [6.45, 7) is 1.53. The number of phenolic OH excluding ortho intramolecular Hbond substituents is 2. The van der Waals surface area contributed by atoms with Gasteiger partial charge in [-0.25, -0.2) is 0 Å². The molecule has 0 radical (unpaired) electrons. The smallest absolute Gasteiger partial charge is 0.256 e. The Morgan fingerprint density at radius 3 is 2.64 bits per heavy atom. The first-order chi connectivity index (χ1) is 10.3. The van der Waals surface area contributed by atoms with E-state index >= 15 is 0 Å². The Kier molecular flexibility index (Phi) is 2.71. The highest BCUT2D eigenvalue weighted by Gasteiger charge is 2.52. The monoisotopic (exact) mass is 303 g/mol. The van der Waals surface area contributed by atoms with Crippen molar-refractivity contribution in [3.63, 3.8) is 0 Å². The summed E-state index contributed by atoms with van der Waals surface area (Å²) in [6, 6.07) is 0. The van der Waals surface area contributed by atoms with Crippen LogP contribution in [0.1, 0.15) is 22.8 Å². The minimum atomic E-state index is -1.33. The highest BCUT2D eigenvalue weighted by Crippen LogP contribution is 2.58. The quantitative estimate of drug-likeness (QED) is 0.698. The van der Waals surface area contributed by atoms with E-state index in [0.717, 1.165) is 0 Å². The molecule has 0 saturated heterocycles. The van der Waals surface area contributed by atoms with Crippen molar-refractivity contribution in [1.82, 2.24) is 0 Å². The van der Waals surface area contributed by atoms with Gasteiger partial charge in [-0.3, -0.25) is 9.59 Å². The van der Waals surface area contributed by atoms with Crippen LogP contribution in [0.3, 0.4) is 0 Å². The molecule has 1 amide bonds. The third kappa shape index (κ3) is 1.45. The number of fused-ring (bicyclic) bond motifs is 3. The van der Waals surface area contributed by atoms with Crippen LogP contribution >= 0.6 is 0 Å². The third-order valence-electron chi connectivity index (χ3n) is 4.00. The number of nitrogens with two attached hydrogens (primary N) is 1. The molecule has 22 heavy (non-hydrogen) atoms. The molecule has 114 valence electrons. The second-order valence-corrected chi connectivity index (χ2v) is 5.16. The molecule has 1 aromatic carbocycles. The van der Waals surface area contributed by atoms with Crippen LogP contribution in [-0.4, -0.2) is 29.0 Å². The summed E-state index contributed by atoms with van der Waals surface area (Å²) in [5, 5.41) is 20.4. The highest BCUT2D eigenvalue weighted by molar-refractivity contribution is 6.08. The van der Waals surface area contributed by atoms with E-state index in [2.05, 4.69) is 0 Å². The molecule has 1 unspecified atom stereocenters. The van der Waals surface area contributed by atoms with Crippen molar-refractivity contribution in [2.24, 2.45) is 5.73 Å². The predicted octanol–water partition coefficient (Wildman–Crippen LogP) is 0.878. The summed E-state index contributed by atoms with van der Waals surface area (Å²) in [4.78, 5) is 24.1. The second kappa shape index (κ2) is 4.27. The average Bonchev–Trinajstić information content (AvgIpc) is 2.77. The van der Waals surface area contributed by atoms with Crippen molar-refractivity contribution in [3.8, 4) is 23.0 Å². The minimum Gasteiger partial charge on any atom is -0.504 e. The lowest BCUT2D eigenvalue weighted by atomic mass is 9.75. The van der Waals surface area contributed by atoms with E-state index in [0.29, 0.717) is 0 Å². The van der Waals surface area contributed by atoms with Gasteiger partial charge < -0.3 is 25.4 Å². The fraction of sp³-hybridized carbons (Fsp3) is 0.200. The number of primary amides is 1. The summed E-state index contributed by atoms with van der Waals surface area (Å²) < 4.78 is 10.5. The van der Waals surface area contributed by atoms with E-state index in [1.165, 1.54) is 26.2 Å². The number of ketones is 1. The molecule has 0 spiro atoms. The molecular weight excluding hydrogens is 290 g/mol. The summed E-state index contributed by atoms with van der Waals surface area (Å²) in [5.41, 5.74) is 3.78. The molecule has 7 heteroatoms. The van der Waals surface area contributed by atoms with Gasteiger partial charge in [0.1, 0.15) is 16.7 Å². The number of amides is 1. The maximum Gasteiger partial charge on any atom is 0.256 e. The van der Waals surface area contributed by atoms with Crippen molar-refractivity contribution in [2.75, 3.05) is 7.11 Å². The van der Waals surface area contributed by atoms with E-state index in [4.69, 9.17) is 15.2 Å². The standard InChI is InChI=1S/C15H13NO6/c1-15-6(17)4-3-5-7(15)22-12-8(14(16)20)13(21-2)11(19)10(18)9(12)15/h3-5,18-19H,1-2H3,(H2,16,20). The largest absolute Gasteiger partial charge is 0.504 e. The van der Waals surface area contributed by atoms with Gasteiger partial charge in [0.25, 0.3) is 5.91 Å². The summed E-state index contributed by atoms with van der Waals surface area (Å²) in [6.07, 6.45) is 4.38. The molecule has 2 aliphatic rings. The zero-order valence-corrected chi connectivity index (χ0v) is 11.8. The predicted molar refractivity (Wildman–Crippen MR) is 75.1 cm³/mol. The van der Waals surface area contributed by atoms with Gasteiger partial charge in [-0.05, 0) is 19.1 Å². The van der Waals surface area contributed by atoms with Crippen molar-refractivity contribution < 1.29 is 29.3 Å². The van der Waals surface area contributed by atoms with Crippen LogP contribution in [0.4, 0.5) is 0 Å². The number of hydrogen-bond donors (Lipinski definition) is 3. The Hall–Kier alpha value is -2.96. The van der Waals surface area contributed by atoms with E-state index in [-0.39, 0.29) is 34.2 Å². The minimum absolute atomic E-state index is 0.000185. The first-order valence-corrected chi connectivity index (χ1v) is 6.41. The van der Waals surface area contributed by atoms with Crippen molar-refractivity contribution in [2.45, 2.75) is 12.3 Å². The zero-order valence-electron chi connectivity index (χ0n) is 11.8. The molecule has 3 rings (SSSR count). The maximum absolute atomic E-state index is 12.3. The van der Waals surface area contributed by atoms with Crippen LogP contribution in [0.5, 0.6) is 23.0 Å².